The fraction of sp³-hybridized carbons (Fsp3) is 0.615. The molecule has 5 nitrogen and oxygen atoms in total. The molecule has 2 aliphatic heterocycles. The van der Waals surface area contributed by atoms with Gasteiger partial charge in [-0.05, 0) is 34.8 Å². The number of hydrogen-bond donors (Lipinski definition) is 1. The minimum absolute atomic E-state index is 0.0584. The quantitative estimate of drug-likeness (QED) is 0.903. The average Bonchev–Trinajstić information content (AvgIpc) is 3.09. The number of ether oxygens (including phenoxy) is 2. The highest BCUT2D eigenvalue weighted by Gasteiger charge is 2.32. The van der Waals surface area contributed by atoms with Gasteiger partial charge in [0, 0.05) is 29.7 Å². The van der Waals surface area contributed by atoms with Crippen LogP contribution in [0.4, 0.5) is 0 Å². The first kappa shape index (κ1) is 13.1. The summed E-state index contributed by atoms with van der Waals surface area (Å²) < 4.78 is 12.0. The van der Waals surface area contributed by atoms with Crippen LogP contribution in [-0.4, -0.2) is 48.4 Å². The maximum Gasteiger partial charge on any atom is 0.270 e. The van der Waals surface area contributed by atoms with Gasteiger partial charge < -0.3 is 19.4 Å². The third kappa shape index (κ3) is 2.85. The fourth-order valence-corrected chi connectivity index (χ4v) is 3.03. The first-order valence-corrected chi connectivity index (χ1v) is 7.40. The monoisotopic (exact) mass is 328 g/mol. The fourth-order valence-electron chi connectivity index (χ4n) is 2.69. The van der Waals surface area contributed by atoms with Gasteiger partial charge in [-0.2, -0.15) is 0 Å². The molecule has 3 rings (SSSR count). The van der Waals surface area contributed by atoms with Crippen molar-refractivity contribution in [3.05, 3.63) is 22.4 Å². The normalized spacial score (nSPS) is 22.1. The van der Waals surface area contributed by atoms with Gasteiger partial charge in [-0.1, -0.05) is 0 Å². The van der Waals surface area contributed by atoms with Gasteiger partial charge in [0.05, 0.1) is 13.2 Å². The van der Waals surface area contributed by atoms with Crippen LogP contribution >= 0.6 is 15.9 Å². The van der Waals surface area contributed by atoms with Gasteiger partial charge in [-0.3, -0.25) is 4.79 Å². The van der Waals surface area contributed by atoms with Crippen LogP contribution in [0.25, 0.3) is 0 Å². The minimum Gasteiger partial charge on any atom is -0.356 e. The molecule has 1 amide bonds. The Morgan fingerprint density at radius 1 is 1.32 bits per heavy atom. The Balaban J connectivity index is 1.56. The third-order valence-corrected chi connectivity index (χ3v) is 4.20. The maximum atomic E-state index is 12.3. The van der Waals surface area contributed by atoms with Crippen molar-refractivity contribution >= 4 is 21.8 Å². The topological polar surface area (TPSA) is 54.6 Å². The lowest BCUT2D eigenvalue weighted by molar-refractivity contribution is -0.0956. The summed E-state index contributed by atoms with van der Waals surface area (Å²) in [5, 5.41) is 0. The van der Waals surface area contributed by atoms with E-state index in [1.54, 1.807) is 6.20 Å². The number of hydrogen-bond acceptors (Lipinski definition) is 3. The average molecular weight is 329 g/mol. The number of halogens is 1. The lowest BCUT2D eigenvalue weighted by Gasteiger charge is -2.33. The second-order valence-corrected chi connectivity index (χ2v) is 5.89. The van der Waals surface area contributed by atoms with E-state index in [4.69, 9.17) is 9.47 Å². The van der Waals surface area contributed by atoms with E-state index < -0.39 is 0 Å². The number of carbonyl (C=O) groups is 1. The number of carbonyl (C=O) groups excluding carboxylic acids is 1. The van der Waals surface area contributed by atoms with E-state index in [9.17, 15) is 4.79 Å². The molecule has 2 fully saturated rings. The number of aromatic amines is 1. The molecule has 0 aliphatic carbocycles. The summed E-state index contributed by atoms with van der Waals surface area (Å²) >= 11 is 3.34. The molecule has 0 aromatic carbocycles. The Hall–Kier alpha value is -0.850. The molecule has 2 aliphatic rings. The lowest BCUT2D eigenvalue weighted by atomic mass is 9.96. The van der Waals surface area contributed by atoms with Crippen molar-refractivity contribution in [3.8, 4) is 0 Å². The predicted octanol–water partition coefficient (Wildman–Crippen LogP) is 2.00. The number of piperidine rings is 1. The number of rotatable bonds is 2. The highest BCUT2D eigenvalue weighted by atomic mass is 79.9. The van der Waals surface area contributed by atoms with Crippen LogP contribution in [0.15, 0.2) is 16.7 Å². The number of likely N-dealkylation sites (tertiary alicyclic amines) is 1. The van der Waals surface area contributed by atoms with Gasteiger partial charge in [-0.25, -0.2) is 0 Å². The largest absolute Gasteiger partial charge is 0.356 e. The Bertz CT molecular complexity index is 448. The van der Waals surface area contributed by atoms with Crippen molar-refractivity contribution in [1.82, 2.24) is 9.88 Å². The Kier molecular flexibility index (Phi) is 3.91. The molecule has 0 atom stereocenters. The van der Waals surface area contributed by atoms with Crippen LogP contribution < -0.4 is 0 Å². The number of amides is 1. The second kappa shape index (κ2) is 5.64. The van der Waals surface area contributed by atoms with Crippen molar-refractivity contribution in [2.75, 3.05) is 26.3 Å². The van der Waals surface area contributed by atoms with Crippen LogP contribution in [0.1, 0.15) is 23.3 Å². The molecule has 2 saturated heterocycles. The van der Waals surface area contributed by atoms with E-state index in [2.05, 4.69) is 20.9 Å². The summed E-state index contributed by atoms with van der Waals surface area (Å²) in [6.45, 7) is 2.92. The van der Waals surface area contributed by atoms with Gasteiger partial charge in [-0.15, -0.1) is 0 Å². The van der Waals surface area contributed by atoms with E-state index in [1.807, 2.05) is 11.0 Å². The van der Waals surface area contributed by atoms with Crippen LogP contribution in [0.2, 0.25) is 0 Å². The smallest absolute Gasteiger partial charge is 0.270 e. The van der Waals surface area contributed by atoms with Gasteiger partial charge in [0.1, 0.15) is 5.69 Å². The second-order valence-electron chi connectivity index (χ2n) is 4.97. The molecule has 19 heavy (non-hydrogen) atoms. The molecule has 0 unspecified atom stereocenters. The summed E-state index contributed by atoms with van der Waals surface area (Å²) in [4.78, 5) is 17.1. The first-order chi connectivity index (χ1) is 9.24. The van der Waals surface area contributed by atoms with Gasteiger partial charge >= 0.3 is 0 Å². The van der Waals surface area contributed by atoms with Crippen LogP contribution in [0.3, 0.4) is 0 Å². The summed E-state index contributed by atoms with van der Waals surface area (Å²) in [7, 11) is 0. The number of nitrogens with one attached hydrogen (secondary N) is 1. The van der Waals surface area contributed by atoms with Gasteiger partial charge in [0.15, 0.2) is 6.29 Å². The molecule has 1 aromatic rings. The molecule has 0 saturated carbocycles. The lowest BCUT2D eigenvalue weighted by Crippen LogP contribution is -2.41. The Labute approximate surface area is 120 Å². The number of H-pyrrole nitrogens is 1. The molecule has 6 heteroatoms. The summed E-state index contributed by atoms with van der Waals surface area (Å²) in [6.07, 6.45) is 3.61. The molecule has 0 spiro atoms. The molecule has 0 radical (unpaired) electrons. The number of nitrogens with zero attached hydrogens (tertiary/aromatic N) is 1. The minimum atomic E-state index is -0.0584. The summed E-state index contributed by atoms with van der Waals surface area (Å²) in [6, 6.07) is 1.82. The van der Waals surface area contributed by atoms with Gasteiger partial charge in [0.25, 0.3) is 5.91 Å². The molecular weight excluding hydrogens is 312 g/mol. The van der Waals surface area contributed by atoms with Crippen molar-refractivity contribution < 1.29 is 14.3 Å². The first-order valence-electron chi connectivity index (χ1n) is 6.60. The molecule has 104 valence electrons. The SMILES string of the molecule is O=C(c1cc(Br)c[nH]1)N1CCC(C2OCCO2)CC1. The molecular formula is C13H17BrN2O3. The molecule has 0 bridgehead atoms. The molecule has 1 N–H and O–H groups in total. The zero-order valence-electron chi connectivity index (χ0n) is 10.6. The molecule has 3 heterocycles. The standard InChI is InChI=1S/C13H17BrN2O3/c14-10-7-11(15-8-10)12(17)16-3-1-9(2-4-16)13-18-5-6-19-13/h7-9,13,15H,1-6H2. The highest BCUT2D eigenvalue weighted by Crippen LogP contribution is 2.26. The van der Waals surface area contributed by atoms with Crippen molar-refractivity contribution in [3.63, 3.8) is 0 Å². The Morgan fingerprint density at radius 3 is 2.58 bits per heavy atom. The predicted molar refractivity (Wildman–Crippen MR) is 72.8 cm³/mol. The number of aromatic nitrogens is 1. The third-order valence-electron chi connectivity index (χ3n) is 3.74. The summed E-state index contributed by atoms with van der Waals surface area (Å²) in [5.74, 6) is 0.485. The van der Waals surface area contributed by atoms with Crippen LogP contribution in [0.5, 0.6) is 0 Å². The Morgan fingerprint density at radius 2 is 2.00 bits per heavy atom. The maximum absolute atomic E-state index is 12.3. The zero-order chi connectivity index (χ0) is 13.2. The van der Waals surface area contributed by atoms with Crippen LogP contribution in [-0.2, 0) is 9.47 Å². The highest BCUT2D eigenvalue weighted by molar-refractivity contribution is 9.10. The summed E-state index contributed by atoms with van der Waals surface area (Å²) in [5.41, 5.74) is 0.638. The van der Waals surface area contributed by atoms with Crippen molar-refractivity contribution in [1.29, 1.82) is 0 Å². The van der Waals surface area contributed by atoms with E-state index >= 15 is 0 Å². The van der Waals surface area contributed by atoms with E-state index in [0.717, 1.165) is 30.4 Å². The zero-order valence-corrected chi connectivity index (χ0v) is 12.2. The van der Waals surface area contributed by atoms with E-state index in [0.29, 0.717) is 24.8 Å². The molecule has 1 aromatic heterocycles. The van der Waals surface area contributed by atoms with Crippen molar-refractivity contribution in [2.24, 2.45) is 5.92 Å². The van der Waals surface area contributed by atoms with Crippen molar-refractivity contribution in [2.45, 2.75) is 19.1 Å². The van der Waals surface area contributed by atoms with Gasteiger partial charge in [0.2, 0.25) is 0 Å². The van der Waals surface area contributed by atoms with Crippen LogP contribution in [0, 0.1) is 5.92 Å². The van der Waals surface area contributed by atoms with E-state index in [-0.39, 0.29) is 12.2 Å². The van der Waals surface area contributed by atoms with E-state index in [1.165, 1.54) is 0 Å².